The third kappa shape index (κ3) is 7.31. The van der Waals surface area contributed by atoms with E-state index in [2.05, 4.69) is 16.0 Å². The molecule has 0 aliphatic carbocycles. The van der Waals surface area contributed by atoms with E-state index in [1.165, 1.54) is 16.2 Å². The van der Waals surface area contributed by atoms with E-state index < -0.39 is 36.1 Å². The number of amides is 2. The Hall–Kier alpha value is -3.77. The first kappa shape index (κ1) is 30.2. The van der Waals surface area contributed by atoms with Crippen molar-refractivity contribution in [3.05, 3.63) is 88.6 Å². The molecule has 4 rings (SSSR count). The Balaban J connectivity index is 1.47. The zero-order chi connectivity index (χ0) is 29.5. The summed E-state index contributed by atoms with van der Waals surface area (Å²) in [4.78, 5) is 32.7. The summed E-state index contributed by atoms with van der Waals surface area (Å²) in [6.07, 6.45) is 0.226. The molecule has 2 aromatic carbocycles. The number of hydrogen-bond acceptors (Lipinski definition) is 9. The molecule has 3 aromatic rings. The normalized spacial score (nSPS) is 17.1. The third-order valence-electron chi connectivity index (χ3n) is 6.87. The largest absolute Gasteiger partial charge is 0.380 e. The second-order valence-corrected chi connectivity index (χ2v) is 11.1. The van der Waals surface area contributed by atoms with Gasteiger partial charge in [-0.1, -0.05) is 42.5 Å². The Morgan fingerprint density at radius 1 is 1.12 bits per heavy atom. The first-order chi connectivity index (χ1) is 19.7. The van der Waals surface area contributed by atoms with Crippen LogP contribution < -0.4 is 21.7 Å². The predicted octanol–water partition coefficient (Wildman–Crippen LogP) is 2.92. The van der Waals surface area contributed by atoms with E-state index in [1.54, 1.807) is 19.2 Å². The number of carbonyl (C=O) groups is 2. The number of nitrogens with two attached hydrogens (primary N) is 1. The van der Waals surface area contributed by atoms with Gasteiger partial charge in [0, 0.05) is 30.2 Å². The molecule has 2 heterocycles. The molecular weight excluding hydrogens is 540 g/mol. The number of aromatic nitrogens is 1. The Morgan fingerprint density at radius 3 is 2.56 bits per heavy atom. The first-order valence-electron chi connectivity index (χ1n) is 13.7. The fourth-order valence-corrected chi connectivity index (χ4v) is 5.65. The van der Waals surface area contributed by atoms with Gasteiger partial charge in [0.1, 0.15) is 6.04 Å². The molecule has 0 radical (unpaired) electrons. The molecule has 0 fully saturated rings. The predicted molar refractivity (Wildman–Crippen MR) is 161 cm³/mol. The van der Waals surface area contributed by atoms with Crippen LogP contribution in [-0.4, -0.2) is 63.3 Å². The summed E-state index contributed by atoms with van der Waals surface area (Å²) in [6.45, 7) is 6.54. The summed E-state index contributed by atoms with van der Waals surface area (Å²) in [6, 6.07) is 14.4. The quantitative estimate of drug-likeness (QED) is 0.203. The maximum atomic E-state index is 13.6. The van der Waals surface area contributed by atoms with Crippen LogP contribution >= 0.6 is 11.3 Å². The molecule has 1 aliphatic heterocycles. The van der Waals surface area contributed by atoms with Crippen molar-refractivity contribution in [2.45, 2.75) is 57.5 Å². The van der Waals surface area contributed by atoms with Gasteiger partial charge in [-0.05, 0) is 62.2 Å². The lowest BCUT2D eigenvalue weighted by molar-refractivity contribution is -0.155. The molecule has 0 bridgehead atoms. The molecule has 0 spiro atoms. The number of aliphatic hydroxyl groups excluding tert-OH is 2. The van der Waals surface area contributed by atoms with Crippen LogP contribution in [-0.2, 0) is 16.0 Å². The molecule has 0 unspecified atom stereocenters. The molecule has 4 atom stereocenters. The zero-order valence-electron chi connectivity index (χ0n) is 23.4. The van der Waals surface area contributed by atoms with E-state index in [9.17, 15) is 19.8 Å². The summed E-state index contributed by atoms with van der Waals surface area (Å²) in [5.74, 6) is -1.57. The molecule has 218 valence electrons. The van der Waals surface area contributed by atoms with E-state index in [0.717, 1.165) is 27.5 Å². The molecule has 0 saturated heterocycles. The van der Waals surface area contributed by atoms with E-state index in [-0.39, 0.29) is 6.04 Å². The third-order valence-corrected chi connectivity index (χ3v) is 7.67. The highest BCUT2D eigenvalue weighted by molar-refractivity contribution is 7.13. The van der Waals surface area contributed by atoms with Gasteiger partial charge in [-0.15, -0.1) is 11.3 Å². The van der Waals surface area contributed by atoms with Crippen molar-refractivity contribution in [2.24, 2.45) is 5.73 Å². The SMILES string of the molecule is CC(C)Nc1nc([C@H]2c3ccccc3CCN2C(=O)[C@H](O)[C@@H](O)C(=O)N[C@H](C)c2ccc(N/C=C\CN)cc2)cs1. The van der Waals surface area contributed by atoms with Crippen LogP contribution in [0.3, 0.4) is 0 Å². The first-order valence-corrected chi connectivity index (χ1v) is 14.6. The molecule has 41 heavy (non-hydrogen) atoms. The number of nitrogens with zero attached hydrogens (tertiary/aromatic N) is 2. The van der Waals surface area contributed by atoms with Crippen LogP contribution in [0.1, 0.15) is 55.2 Å². The second kappa shape index (κ2) is 13.7. The van der Waals surface area contributed by atoms with E-state index >= 15 is 0 Å². The number of nitrogens with one attached hydrogen (secondary N) is 3. The number of rotatable bonds is 11. The highest BCUT2D eigenvalue weighted by Crippen LogP contribution is 2.37. The van der Waals surface area contributed by atoms with Gasteiger partial charge in [0.2, 0.25) is 0 Å². The second-order valence-electron chi connectivity index (χ2n) is 10.3. The Morgan fingerprint density at radius 2 is 1.85 bits per heavy atom. The minimum atomic E-state index is -1.95. The lowest BCUT2D eigenvalue weighted by Crippen LogP contribution is -2.53. The Bertz CT molecular complexity index is 1360. The van der Waals surface area contributed by atoms with Gasteiger partial charge in [-0.2, -0.15) is 0 Å². The number of thiazole rings is 1. The zero-order valence-corrected chi connectivity index (χ0v) is 24.3. The Labute approximate surface area is 244 Å². The summed E-state index contributed by atoms with van der Waals surface area (Å²) in [5, 5.41) is 33.4. The summed E-state index contributed by atoms with van der Waals surface area (Å²) in [7, 11) is 0. The van der Waals surface area contributed by atoms with Crippen molar-refractivity contribution in [1.29, 1.82) is 0 Å². The van der Waals surface area contributed by atoms with Gasteiger partial charge in [-0.3, -0.25) is 9.59 Å². The van der Waals surface area contributed by atoms with Crippen LogP contribution in [0.2, 0.25) is 0 Å². The van der Waals surface area contributed by atoms with Crippen molar-refractivity contribution in [2.75, 3.05) is 23.7 Å². The molecule has 1 aliphatic rings. The van der Waals surface area contributed by atoms with Crippen LogP contribution in [0.5, 0.6) is 0 Å². The monoisotopic (exact) mass is 578 g/mol. The number of fused-ring (bicyclic) bond motifs is 1. The van der Waals surface area contributed by atoms with Gasteiger partial charge in [0.25, 0.3) is 11.8 Å². The summed E-state index contributed by atoms with van der Waals surface area (Å²) in [5.41, 5.74) is 9.74. The lowest BCUT2D eigenvalue weighted by Gasteiger charge is -2.38. The minimum absolute atomic E-state index is 0.191. The van der Waals surface area contributed by atoms with Crippen molar-refractivity contribution < 1.29 is 19.8 Å². The highest BCUT2D eigenvalue weighted by Gasteiger charge is 2.40. The molecule has 1 aromatic heterocycles. The lowest BCUT2D eigenvalue weighted by atomic mass is 9.90. The van der Waals surface area contributed by atoms with E-state index in [0.29, 0.717) is 25.2 Å². The summed E-state index contributed by atoms with van der Waals surface area (Å²) < 4.78 is 0. The number of benzene rings is 2. The maximum Gasteiger partial charge on any atom is 0.255 e. The Kier molecular flexibility index (Phi) is 10.1. The van der Waals surface area contributed by atoms with Crippen LogP contribution in [0.25, 0.3) is 0 Å². The van der Waals surface area contributed by atoms with Gasteiger partial charge in [-0.25, -0.2) is 4.98 Å². The van der Waals surface area contributed by atoms with Gasteiger partial charge >= 0.3 is 0 Å². The number of aliphatic hydroxyl groups is 2. The average Bonchev–Trinajstić information content (AvgIpc) is 3.43. The smallest absolute Gasteiger partial charge is 0.255 e. The standard InChI is InChI=1S/C30H38N6O4S/c1-18(2)33-30-35-24(17-41-30)25-23-8-5-4-7-21(23)13-16-36(25)29(40)27(38)26(37)28(39)34-19(3)20-9-11-22(12-10-20)32-15-6-14-31/h4-12,15,17-19,25-27,32,37-38H,13-14,16,31H2,1-3H3,(H,33,35)(H,34,39)/b15-6-/t19-,25-,26-,27-/m1/s1. The fourth-order valence-electron chi connectivity index (χ4n) is 4.77. The molecule has 0 saturated carbocycles. The van der Waals surface area contributed by atoms with E-state index in [4.69, 9.17) is 10.7 Å². The number of anilines is 2. The molecule has 7 N–H and O–H groups in total. The van der Waals surface area contributed by atoms with Crippen LogP contribution in [0, 0.1) is 0 Å². The van der Waals surface area contributed by atoms with Crippen molar-refractivity contribution >= 4 is 34.0 Å². The van der Waals surface area contributed by atoms with Crippen molar-refractivity contribution in [3.8, 4) is 0 Å². The van der Waals surface area contributed by atoms with Gasteiger partial charge in [0.05, 0.1) is 11.7 Å². The van der Waals surface area contributed by atoms with Crippen LogP contribution in [0.15, 0.2) is 66.2 Å². The molecular formula is C30H38N6O4S. The maximum absolute atomic E-state index is 13.6. The minimum Gasteiger partial charge on any atom is -0.380 e. The molecule has 2 amide bonds. The fraction of sp³-hybridized carbons (Fsp3) is 0.367. The van der Waals surface area contributed by atoms with Crippen molar-refractivity contribution in [3.63, 3.8) is 0 Å². The van der Waals surface area contributed by atoms with Crippen molar-refractivity contribution in [1.82, 2.24) is 15.2 Å². The number of carbonyl (C=O) groups excluding carboxylic acids is 2. The summed E-state index contributed by atoms with van der Waals surface area (Å²) >= 11 is 1.44. The van der Waals surface area contributed by atoms with Gasteiger partial charge in [0.15, 0.2) is 17.3 Å². The highest BCUT2D eigenvalue weighted by atomic mass is 32.1. The van der Waals surface area contributed by atoms with E-state index in [1.807, 2.05) is 67.8 Å². The topological polar surface area (TPSA) is 153 Å². The number of hydrogen-bond donors (Lipinski definition) is 6. The molecule has 11 heteroatoms. The average molecular weight is 579 g/mol. The van der Waals surface area contributed by atoms with Gasteiger partial charge < -0.3 is 36.8 Å². The molecule has 10 nitrogen and oxygen atoms in total. The van der Waals surface area contributed by atoms with Crippen LogP contribution in [0.4, 0.5) is 10.8 Å².